The molecular formula is C26H31N5O3S. The minimum Gasteiger partial charge on any atom is -0.353 e. The quantitative estimate of drug-likeness (QED) is 0.521. The first-order chi connectivity index (χ1) is 16.7. The van der Waals surface area contributed by atoms with Crippen LogP contribution in [0.15, 0.2) is 65.6 Å². The van der Waals surface area contributed by atoms with Crippen molar-refractivity contribution in [1.82, 2.24) is 14.9 Å². The summed E-state index contributed by atoms with van der Waals surface area (Å²) < 4.78 is 27.6. The van der Waals surface area contributed by atoms with Crippen LogP contribution in [-0.2, 0) is 10.0 Å². The summed E-state index contributed by atoms with van der Waals surface area (Å²) in [7, 11) is -2.29. The first kappa shape index (κ1) is 24.7. The number of aromatic nitrogens is 2. The van der Waals surface area contributed by atoms with E-state index in [2.05, 4.69) is 23.7 Å². The van der Waals surface area contributed by atoms with Crippen molar-refractivity contribution in [1.29, 1.82) is 0 Å². The predicted molar refractivity (Wildman–Crippen MR) is 137 cm³/mol. The summed E-state index contributed by atoms with van der Waals surface area (Å²) >= 11 is 0. The summed E-state index contributed by atoms with van der Waals surface area (Å²) in [6, 6.07) is 17.1. The zero-order valence-corrected chi connectivity index (χ0v) is 21.4. The van der Waals surface area contributed by atoms with Gasteiger partial charge in [-0.05, 0) is 37.3 Å². The Labute approximate surface area is 207 Å². The molecule has 1 amide bonds. The van der Waals surface area contributed by atoms with Gasteiger partial charge in [-0.25, -0.2) is 18.4 Å². The summed E-state index contributed by atoms with van der Waals surface area (Å²) in [5, 5.41) is 0. The molecule has 0 radical (unpaired) electrons. The number of benzene rings is 2. The minimum absolute atomic E-state index is 0.0889. The third-order valence-corrected chi connectivity index (χ3v) is 7.91. The van der Waals surface area contributed by atoms with Crippen LogP contribution in [0.4, 0.5) is 11.5 Å². The van der Waals surface area contributed by atoms with E-state index in [-0.39, 0.29) is 16.7 Å². The third-order valence-electron chi connectivity index (χ3n) is 6.12. The molecule has 2 aromatic carbocycles. The van der Waals surface area contributed by atoms with E-state index in [9.17, 15) is 13.2 Å². The van der Waals surface area contributed by atoms with Gasteiger partial charge < -0.3 is 9.80 Å². The van der Waals surface area contributed by atoms with Crippen LogP contribution in [-0.4, -0.2) is 62.4 Å². The Hall–Kier alpha value is -3.46. The molecule has 1 aliphatic rings. The van der Waals surface area contributed by atoms with E-state index in [0.29, 0.717) is 37.4 Å². The first-order valence-corrected chi connectivity index (χ1v) is 13.1. The van der Waals surface area contributed by atoms with Crippen LogP contribution in [0, 0.1) is 6.92 Å². The Morgan fingerprint density at radius 3 is 2.29 bits per heavy atom. The van der Waals surface area contributed by atoms with Gasteiger partial charge in [0.2, 0.25) is 0 Å². The Kier molecular flexibility index (Phi) is 7.07. The molecule has 0 atom stereocenters. The monoisotopic (exact) mass is 493 g/mol. The fourth-order valence-electron chi connectivity index (χ4n) is 4.04. The molecule has 35 heavy (non-hydrogen) atoms. The van der Waals surface area contributed by atoms with Gasteiger partial charge in [0.15, 0.2) is 0 Å². The highest BCUT2D eigenvalue weighted by molar-refractivity contribution is 7.92. The average molecular weight is 494 g/mol. The lowest BCUT2D eigenvalue weighted by Gasteiger charge is -2.35. The van der Waals surface area contributed by atoms with Gasteiger partial charge >= 0.3 is 0 Å². The SMILES string of the molecule is Cc1cc(N2CCN(C(=O)c3cccc(S(=O)(=O)N(C)c4ccccc4)c3)CC2)nc(C(C)C)n1. The molecular weight excluding hydrogens is 462 g/mol. The minimum atomic E-state index is -3.80. The number of amides is 1. The van der Waals surface area contributed by atoms with E-state index in [0.717, 1.165) is 17.3 Å². The lowest BCUT2D eigenvalue weighted by molar-refractivity contribution is 0.0746. The van der Waals surface area contributed by atoms with Gasteiger partial charge in [0.25, 0.3) is 15.9 Å². The normalized spacial score (nSPS) is 14.3. The van der Waals surface area contributed by atoms with E-state index in [4.69, 9.17) is 4.98 Å². The van der Waals surface area contributed by atoms with Gasteiger partial charge in [0.1, 0.15) is 11.6 Å². The number of hydrogen-bond donors (Lipinski definition) is 0. The zero-order valence-electron chi connectivity index (χ0n) is 20.5. The zero-order chi connectivity index (χ0) is 25.2. The molecule has 0 spiro atoms. The number of piperazine rings is 1. The molecule has 1 aromatic heterocycles. The molecule has 0 N–H and O–H groups in total. The van der Waals surface area contributed by atoms with Crippen molar-refractivity contribution >= 4 is 27.4 Å². The van der Waals surface area contributed by atoms with Crippen molar-refractivity contribution in [2.24, 2.45) is 0 Å². The maximum absolute atomic E-state index is 13.2. The fourth-order valence-corrected chi connectivity index (χ4v) is 5.28. The molecule has 9 heteroatoms. The van der Waals surface area contributed by atoms with Gasteiger partial charge in [-0.2, -0.15) is 0 Å². The maximum atomic E-state index is 13.2. The van der Waals surface area contributed by atoms with E-state index < -0.39 is 10.0 Å². The van der Waals surface area contributed by atoms with Crippen LogP contribution in [0.5, 0.6) is 0 Å². The second kappa shape index (κ2) is 10.0. The molecule has 8 nitrogen and oxygen atoms in total. The highest BCUT2D eigenvalue weighted by atomic mass is 32.2. The number of aryl methyl sites for hydroxylation is 1. The van der Waals surface area contributed by atoms with Crippen LogP contribution >= 0.6 is 0 Å². The summed E-state index contributed by atoms with van der Waals surface area (Å²) in [6.45, 7) is 8.46. The summed E-state index contributed by atoms with van der Waals surface area (Å²) in [5.74, 6) is 1.76. The summed E-state index contributed by atoms with van der Waals surface area (Å²) in [6.07, 6.45) is 0. The molecule has 0 unspecified atom stereocenters. The molecule has 3 aromatic rings. The van der Waals surface area contributed by atoms with Crippen LogP contribution < -0.4 is 9.21 Å². The van der Waals surface area contributed by atoms with Crippen LogP contribution in [0.3, 0.4) is 0 Å². The number of hydrogen-bond acceptors (Lipinski definition) is 6. The Morgan fingerprint density at radius 1 is 0.943 bits per heavy atom. The van der Waals surface area contributed by atoms with E-state index in [1.54, 1.807) is 41.3 Å². The Morgan fingerprint density at radius 2 is 1.63 bits per heavy atom. The molecule has 1 saturated heterocycles. The van der Waals surface area contributed by atoms with Gasteiger partial charge in [0, 0.05) is 56.5 Å². The Balaban J connectivity index is 1.47. The number of rotatable bonds is 6. The van der Waals surface area contributed by atoms with Gasteiger partial charge in [0.05, 0.1) is 10.6 Å². The summed E-state index contributed by atoms with van der Waals surface area (Å²) in [4.78, 5) is 26.5. The van der Waals surface area contributed by atoms with Gasteiger partial charge in [-0.3, -0.25) is 9.10 Å². The van der Waals surface area contributed by atoms with Crippen molar-refractivity contribution in [3.63, 3.8) is 0 Å². The van der Waals surface area contributed by atoms with E-state index in [1.165, 1.54) is 23.5 Å². The molecule has 0 aliphatic carbocycles. The number of sulfonamides is 1. The second-order valence-corrected chi connectivity index (χ2v) is 11.0. The van der Waals surface area contributed by atoms with Crippen molar-refractivity contribution in [2.45, 2.75) is 31.6 Å². The van der Waals surface area contributed by atoms with Crippen LogP contribution in [0.25, 0.3) is 0 Å². The molecule has 1 aliphatic heterocycles. The molecule has 4 rings (SSSR count). The predicted octanol–water partition coefficient (Wildman–Crippen LogP) is 3.70. The van der Waals surface area contributed by atoms with Crippen LogP contribution in [0.1, 0.15) is 41.6 Å². The molecule has 184 valence electrons. The largest absolute Gasteiger partial charge is 0.353 e. The third kappa shape index (κ3) is 5.30. The molecule has 1 fully saturated rings. The van der Waals surface area contributed by atoms with Gasteiger partial charge in [-0.15, -0.1) is 0 Å². The molecule has 2 heterocycles. The molecule has 0 bridgehead atoms. The fraction of sp³-hybridized carbons (Fsp3) is 0.346. The van der Waals surface area contributed by atoms with Crippen molar-refractivity contribution in [3.05, 3.63) is 77.7 Å². The standard InChI is InChI=1S/C26H31N5O3S/c1-19(2)25-27-20(3)17-24(28-25)30-13-15-31(16-14-30)26(32)21-9-8-12-23(18-21)35(33,34)29(4)22-10-6-5-7-11-22/h5-12,17-19H,13-16H2,1-4H3. The van der Waals surface area contributed by atoms with Crippen molar-refractivity contribution < 1.29 is 13.2 Å². The number of anilines is 2. The number of carbonyl (C=O) groups excluding carboxylic acids is 1. The highest BCUT2D eigenvalue weighted by Gasteiger charge is 2.26. The lowest BCUT2D eigenvalue weighted by Crippen LogP contribution is -2.49. The van der Waals surface area contributed by atoms with Crippen LogP contribution in [0.2, 0.25) is 0 Å². The van der Waals surface area contributed by atoms with Crippen molar-refractivity contribution in [3.8, 4) is 0 Å². The lowest BCUT2D eigenvalue weighted by atomic mass is 10.1. The van der Waals surface area contributed by atoms with Crippen molar-refractivity contribution in [2.75, 3.05) is 42.4 Å². The summed E-state index contributed by atoms with van der Waals surface area (Å²) in [5.41, 5.74) is 1.84. The van der Waals surface area contributed by atoms with Gasteiger partial charge in [-0.1, -0.05) is 38.1 Å². The molecule has 0 saturated carbocycles. The number of para-hydroxylation sites is 1. The topological polar surface area (TPSA) is 86.7 Å². The number of carbonyl (C=O) groups is 1. The highest BCUT2D eigenvalue weighted by Crippen LogP contribution is 2.24. The average Bonchev–Trinajstić information content (AvgIpc) is 2.88. The maximum Gasteiger partial charge on any atom is 0.264 e. The van der Waals surface area contributed by atoms with E-state index in [1.807, 2.05) is 19.1 Å². The second-order valence-electron chi connectivity index (χ2n) is 9.00. The smallest absolute Gasteiger partial charge is 0.264 e. The van der Waals surface area contributed by atoms with E-state index >= 15 is 0 Å². The first-order valence-electron chi connectivity index (χ1n) is 11.7. The Bertz CT molecular complexity index is 1300. The number of nitrogens with zero attached hydrogens (tertiary/aromatic N) is 5.